The van der Waals surface area contributed by atoms with E-state index in [1.807, 2.05) is 0 Å². The summed E-state index contributed by atoms with van der Waals surface area (Å²) >= 11 is 10.8. The first-order chi connectivity index (χ1) is 22.0. The molecule has 16 nitrogen and oxygen atoms in total. The molecule has 2 saturated heterocycles. The predicted octanol–water partition coefficient (Wildman–Crippen LogP) is 4.03. The summed E-state index contributed by atoms with van der Waals surface area (Å²) in [6.07, 6.45) is 11.3. The van der Waals surface area contributed by atoms with E-state index in [0.717, 1.165) is 31.3 Å². The lowest BCUT2D eigenvalue weighted by atomic mass is 10.1. The molecule has 5 heterocycles. The molecule has 50 heavy (non-hydrogen) atoms. The Morgan fingerprint density at radius 1 is 0.720 bits per heavy atom. The van der Waals surface area contributed by atoms with Gasteiger partial charge in [0.05, 0.1) is 6.07 Å². The number of nitrogens with two attached hydrogens (primary N) is 2. The molecular weight excluding hydrogens is 777 g/mol. The summed E-state index contributed by atoms with van der Waals surface area (Å²) in [6.45, 7) is 5.91. The second-order valence-corrected chi connectivity index (χ2v) is 16.1. The van der Waals surface area contributed by atoms with Crippen LogP contribution in [-0.4, -0.2) is 71.9 Å². The van der Waals surface area contributed by atoms with Crippen LogP contribution in [0.2, 0.25) is 10.3 Å². The molecule has 3 aromatic rings. The van der Waals surface area contributed by atoms with Crippen LogP contribution in [0.3, 0.4) is 0 Å². The highest BCUT2D eigenvalue weighted by atomic mass is 35.7. The van der Waals surface area contributed by atoms with E-state index >= 15 is 0 Å². The number of nitrogens with zero attached hydrogens (tertiary/aromatic N) is 5. The summed E-state index contributed by atoms with van der Waals surface area (Å²) in [4.78, 5) is 13.4. The van der Waals surface area contributed by atoms with Gasteiger partial charge in [-0.1, -0.05) is 37.0 Å². The number of nitriles is 1. The molecule has 10 N–H and O–H groups in total. The molecule has 0 unspecified atom stereocenters. The Kier molecular flexibility index (Phi) is 26.9. The minimum absolute atomic E-state index is 0. The molecule has 284 valence electrons. The molecule has 22 heteroatoms. The molecule has 5 rings (SSSR count). The zero-order valence-corrected chi connectivity index (χ0v) is 31.4. The highest BCUT2D eigenvalue weighted by molar-refractivity contribution is 8.13. The summed E-state index contributed by atoms with van der Waals surface area (Å²) < 4.78 is 64.6. The molecule has 0 bridgehead atoms. The second-order valence-electron chi connectivity index (χ2n) is 9.60. The van der Waals surface area contributed by atoms with E-state index in [0.29, 0.717) is 0 Å². The van der Waals surface area contributed by atoms with Crippen LogP contribution in [-0.2, 0) is 29.1 Å². The lowest BCUT2D eigenvalue weighted by molar-refractivity contribution is 0.520. The highest BCUT2D eigenvalue weighted by Gasteiger charge is 2.14. The number of primary sulfonamides is 2. The van der Waals surface area contributed by atoms with E-state index in [9.17, 15) is 25.3 Å². The Morgan fingerprint density at radius 2 is 1.10 bits per heavy atom. The summed E-state index contributed by atoms with van der Waals surface area (Å²) in [6, 6.07) is 10.3. The maximum Gasteiger partial charge on any atom is 0.262 e. The molecule has 2 aliphatic rings. The van der Waals surface area contributed by atoms with Gasteiger partial charge < -0.3 is 21.8 Å². The first kappa shape index (κ1) is 51.6. The van der Waals surface area contributed by atoms with E-state index in [4.69, 9.17) is 49.4 Å². The number of piperidine rings is 2. The quantitative estimate of drug-likeness (QED) is 0.214. The summed E-state index contributed by atoms with van der Waals surface area (Å²) in [5.41, 5.74) is 0. The molecule has 3 aromatic heterocycles. The highest BCUT2D eigenvalue weighted by Crippen LogP contribution is 2.18. The third-order valence-corrected chi connectivity index (χ3v) is 9.53. The van der Waals surface area contributed by atoms with Gasteiger partial charge in [0, 0.05) is 49.3 Å². The van der Waals surface area contributed by atoms with E-state index < -0.39 is 29.1 Å². The van der Waals surface area contributed by atoms with Crippen molar-refractivity contribution >= 4 is 68.8 Å². The van der Waals surface area contributed by atoms with Crippen LogP contribution < -0.4 is 26.6 Å². The van der Waals surface area contributed by atoms with Crippen LogP contribution in [0.25, 0.3) is 0 Å². The van der Waals surface area contributed by atoms with Crippen molar-refractivity contribution in [1.82, 2.24) is 26.4 Å². The van der Waals surface area contributed by atoms with Gasteiger partial charge >= 0.3 is 0 Å². The van der Waals surface area contributed by atoms with Crippen molar-refractivity contribution in [3.8, 4) is 6.07 Å². The maximum absolute atomic E-state index is 11.0. The fourth-order valence-corrected chi connectivity index (χ4v) is 5.51. The van der Waals surface area contributed by atoms with Gasteiger partial charge in [-0.2, -0.15) is 5.26 Å². The van der Waals surface area contributed by atoms with Crippen molar-refractivity contribution in [3.05, 3.63) is 65.3 Å². The van der Waals surface area contributed by atoms with Gasteiger partial charge in [-0.3, -0.25) is 0 Å². The molecule has 0 atom stereocenters. The fourth-order valence-electron chi connectivity index (χ4n) is 3.69. The molecule has 0 aromatic carbocycles. The van der Waals surface area contributed by atoms with Gasteiger partial charge in [0.1, 0.15) is 30.8 Å². The van der Waals surface area contributed by atoms with Gasteiger partial charge in [-0.25, -0.2) is 50.5 Å². The Morgan fingerprint density at radius 3 is 1.38 bits per heavy atom. The molecule has 0 amide bonds. The Hall–Kier alpha value is -2.74. The summed E-state index contributed by atoms with van der Waals surface area (Å²) in [5, 5.41) is 20.9. The molecule has 0 aliphatic carbocycles. The van der Waals surface area contributed by atoms with Gasteiger partial charge in [0.2, 0.25) is 20.0 Å². The van der Waals surface area contributed by atoms with Crippen molar-refractivity contribution in [2.45, 2.75) is 67.6 Å². The Balaban J connectivity index is -0.000000584. The lowest BCUT2D eigenvalue weighted by Crippen LogP contribution is -2.30. The van der Waals surface area contributed by atoms with Crippen LogP contribution in [0, 0.1) is 11.3 Å². The number of halogens is 3. The zero-order chi connectivity index (χ0) is 35.5. The first-order valence-corrected chi connectivity index (χ1v) is 20.1. The molecule has 0 radical (unpaired) electrons. The van der Waals surface area contributed by atoms with Gasteiger partial charge in [0.15, 0.2) is 0 Å². The lowest BCUT2D eigenvalue weighted by Gasteiger charge is -2.27. The minimum Gasteiger partial charge on any atom is -0.412 e. The largest absolute Gasteiger partial charge is 0.412 e. The van der Waals surface area contributed by atoms with Gasteiger partial charge in [-0.05, 0) is 81.6 Å². The van der Waals surface area contributed by atoms with Crippen LogP contribution in [0.15, 0.2) is 69.7 Å². The minimum atomic E-state index is -3.67. The summed E-state index contributed by atoms with van der Waals surface area (Å²) in [7, 11) is -5.94. The van der Waals surface area contributed by atoms with Crippen molar-refractivity contribution in [1.29, 1.82) is 5.26 Å². The number of pyridine rings is 3. The second kappa shape index (κ2) is 26.1. The van der Waals surface area contributed by atoms with E-state index in [1.165, 1.54) is 95.1 Å². The molecule has 0 saturated carbocycles. The van der Waals surface area contributed by atoms with Crippen molar-refractivity contribution < 1.29 is 30.7 Å². The third-order valence-electron chi connectivity index (χ3n) is 5.95. The number of hydrogen-bond donors (Lipinski definition) is 4. The number of sulfonamides is 2. The molecule has 2 fully saturated rings. The molecule has 2 aliphatic heterocycles. The number of rotatable bonds is 4. The smallest absolute Gasteiger partial charge is 0.262 e. The monoisotopic (exact) mass is 821 g/mol. The number of nitrogens with one attached hydrogen (secondary N) is 1. The summed E-state index contributed by atoms with van der Waals surface area (Å²) in [5.74, 6) is 0.826. The fraction of sp³-hybridized carbons (Fsp3) is 0.429. The predicted molar refractivity (Wildman–Crippen MR) is 198 cm³/mol. The average Bonchev–Trinajstić information content (AvgIpc) is 3.03. The maximum atomic E-state index is 11.0. The average molecular weight is 823 g/mol. The normalized spacial score (nSPS) is 13.7. The van der Waals surface area contributed by atoms with Crippen molar-refractivity contribution in [3.63, 3.8) is 0 Å². The topological polar surface area (TPSA) is 299 Å². The Bertz CT molecular complexity index is 1640. The van der Waals surface area contributed by atoms with Crippen LogP contribution in [0.1, 0.15) is 52.9 Å². The molecular formula is C28H46Cl3N9O7S3. The SMILES string of the molecule is C.C1CCNCC1.CC#N.N.NS(=O)(=O)c1ccc(Cl)nc1.NS(=O)(=O)c1ccc(N2CCCCC2)nc1.O.O=S(=O)(Cl)c1ccc(Cl)nc1. The standard InChI is InChI=1S/C10H15N3O2S.C5H3Cl2NO2S.C5H5ClN2O2S.C5H11N.C2H3N.CH4.H3N.H2O/c11-16(14,15)9-4-5-10(12-8-9)13-6-2-1-3-7-13;2*6-5-2-1-4(3-8-5)11(7,9)10;1-2-4-6-5-3-1;1-2-3;;;/h4-5,8H,1-3,6-7H2,(H2,11,14,15);1-3H;1-3H,(H2,7,9,10);6H,1-5H2;1H3;1H4;1H3;1H2. The van der Waals surface area contributed by atoms with Gasteiger partial charge in [0.25, 0.3) is 9.05 Å². The van der Waals surface area contributed by atoms with Crippen LogP contribution in [0.5, 0.6) is 0 Å². The van der Waals surface area contributed by atoms with E-state index in [1.54, 1.807) is 12.1 Å². The number of aromatic nitrogens is 3. The van der Waals surface area contributed by atoms with Crippen molar-refractivity contribution in [2.24, 2.45) is 10.3 Å². The van der Waals surface area contributed by atoms with Crippen molar-refractivity contribution in [2.75, 3.05) is 31.1 Å². The van der Waals surface area contributed by atoms with E-state index in [2.05, 4.69) is 25.2 Å². The first-order valence-electron chi connectivity index (χ1n) is 13.9. The van der Waals surface area contributed by atoms with Crippen LogP contribution >= 0.6 is 33.9 Å². The zero-order valence-electron chi connectivity index (χ0n) is 26.7. The number of hydrogen-bond acceptors (Lipinski definition) is 13. The number of anilines is 1. The van der Waals surface area contributed by atoms with Crippen LogP contribution in [0.4, 0.5) is 5.82 Å². The molecule has 0 spiro atoms. The van der Waals surface area contributed by atoms with Gasteiger partial charge in [-0.15, -0.1) is 0 Å². The Labute approximate surface area is 310 Å². The third kappa shape index (κ3) is 22.2. The van der Waals surface area contributed by atoms with E-state index in [-0.39, 0.29) is 44.0 Å².